The molecule has 0 spiro atoms. The zero-order chi connectivity index (χ0) is 20.0. The number of carbonyl (C=O) groups is 1. The molecule has 2 rings (SSSR count). The standard InChI is InChI=1S/C17H29N5O3S2/c1-12-9-15(13(2)26-12)27(24,25)21-7-6-20-17(19-3)22-8-4-5-14(11-22)10-16(18)23/h9,14,21H,4-8,10-11H2,1-3H3,(H2,18,23)(H,19,20). The minimum absolute atomic E-state index is 0.234. The van der Waals surface area contributed by atoms with Gasteiger partial charge in [-0.2, -0.15) is 0 Å². The summed E-state index contributed by atoms with van der Waals surface area (Å²) in [5.41, 5.74) is 5.31. The number of piperidine rings is 1. The number of nitrogens with one attached hydrogen (secondary N) is 2. The van der Waals surface area contributed by atoms with E-state index in [0.717, 1.165) is 35.7 Å². The highest BCUT2D eigenvalue weighted by atomic mass is 32.2. The van der Waals surface area contributed by atoms with Crippen LogP contribution in [0.5, 0.6) is 0 Å². The quantitative estimate of drug-likeness (QED) is 0.346. The third-order valence-electron chi connectivity index (χ3n) is 4.51. The summed E-state index contributed by atoms with van der Waals surface area (Å²) in [6.45, 7) is 5.96. The molecule has 1 fully saturated rings. The number of guanidine groups is 1. The van der Waals surface area contributed by atoms with E-state index in [4.69, 9.17) is 5.73 Å². The summed E-state index contributed by atoms with van der Waals surface area (Å²) in [4.78, 5) is 19.6. The molecule has 27 heavy (non-hydrogen) atoms. The highest BCUT2D eigenvalue weighted by Crippen LogP contribution is 2.24. The van der Waals surface area contributed by atoms with Gasteiger partial charge in [0.25, 0.3) is 0 Å². The molecule has 1 unspecified atom stereocenters. The molecule has 1 saturated heterocycles. The zero-order valence-electron chi connectivity index (χ0n) is 16.1. The Morgan fingerprint density at radius 3 is 2.74 bits per heavy atom. The number of nitrogens with zero attached hydrogens (tertiary/aromatic N) is 2. The van der Waals surface area contributed by atoms with Gasteiger partial charge in [-0.1, -0.05) is 0 Å². The van der Waals surface area contributed by atoms with Crippen LogP contribution < -0.4 is 15.8 Å². The van der Waals surface area contributed by atoms with Crippen molar-refractivity contribution < 1.29 is 13.2 Å². The molecule has 0 aromatic carbocycles. The summed E-state index contributed by atoms with van der Waals surface area (Å²) in [5, 5.41) is 3.19. The first-order chi connectivity index (χ1) is 12.7. The number of sulfonamides is 1. The van der Waals surface area contributed by atoms with Gasteiger partial charge in [0.1, 0.15) is 0 Å². The number of rotatable bonds is 7. The first-order valence-electron chi connectivity index (χ1n) is 9.03. The SMILES string of the molecule is CN=C(NCCNS(=O)(=O)c1cc(C)sc1C)N1CCCC(CC(N)=O)C1. The van der Waals surface area contributed by atoms with Crippen LogP contribution in [-0.4, -0.2) is 58.4 Å². The Hall–Kier alpha value is -1.65. The van der Waals surface area contributed by atoms with Crippen molar-refractivity contribution in [3.8, 4) is 0 Å². The highest BCUT2D eigenvalue weighted by molar-refractivity contribution is 7.89. The molecule has 2 heterocycles. The minimum atomic E-state index is -3.51. The van der Waals surface area contributed by atoms with Crippen molar-refractivity contribution in [2.75, 3.05) is 33.2 Å². The van der Waals surface area contributed by atoms with Crippen molar-refractivity contribution in [1.29, 1.82) is 0 Å². The van der Waals surface area contributed by atoms with Crippen molar-refractivity contribution in [3.05, 3.63) is 15.8 Å². The number of aliphatic imine (C=N–C) groups is 1. The van der Waals surface area contributed by atoms with Crippen LogP contribution in [0.4, 0.5) is 0 Å². The van der Waals surface area contributed by atoms with E-state index in [1.54, 1.807) is 13.1 Å². The fraction of sp³-hybridized carbons (Fsp3) is 0.647. The Morgan fingerprint density at radius 1 is 1.41 bits per heavy atom. The van der Waals surface area contributed by atoms with Crippen molar-refractivity contribution in [3.63, 3.8) is 0 Å². The number of hydrogen-bond acceptors (Lipinski definition) is 5. The van der Waals surface area contributed by atoms with E-state index in [2.05, 4.69) is 19.9 Å². The first-order valence-corrected chi connectivity index (χ1v) is 11.3. The van der Waals surface area contributed by atoms with Gasteiger partial charge in [-0.15, -0.1) is 11.3 Å². The van der Waals surface area contributed by atoms with Crippen molar-refractivity contribution >= 4 is 33.2 Å². The predicted molar refractivity (Wildman–Crippen MR) is 108 cm³/mol. The van der Waals surface area contributed by atoms with Gasteiger partial charge in [-0.3, -0.25) is 9.79 Å². The van der Waals surface area contributed by atoms with E-state index >= 15 is 0 Å². The molecular weight excluding hydrogens is 386 g/mol. The average Bonchev–Trinajstić information content (AvgIpc) is 2.94. The van der Waals surface area contributed by atoms with Crippen molar-refractivity contribution in [1.82, 2.24) is 14.9 Å². The van der Waals surface area contributed by atoms with Gasteiger partial charge in [-0.05, 0) is 38.7 Å². The van der Waals surface area contributed by atoms with Crippen LogP contribution >= 0.6 is 11.3 Å². The summed E-state index contributed by atoms with van der Waals surface area (Å²) in [6, 6.07) is 1.70. The largest absolute Gasteiger partial charge is 0.370 e. The molecule has 1 atom stereocenters. The van der Waals surface area contributed by atoms with E-state index in [0.29, 0.717) is 23.8 Å². The number of thiophene rings is 1. The van der Waals surface area contributed by atoms with Crippen LogP contribution in [0.3, 0.4) is 0 Å². The minimum Gasteiger partial charge on any atom is -0.370 e. The Morgan fingerprint density at radius 2 is 2.15 bits per heavy atom. The van der Waals surface area contributed by atoms with Crippen LogP contribution in [0, 0.1) is 19.8 Å². The van der Waals surface area contributed by atoms with Crippen LogP contribution in [0.2, 0.25) is 0 Å². The third kappa shape index (κ3) is 6.18. The molecule has 152 valence electrons. The molecule has 1 aliphatic heterocycles. The third-order valence-corrected chi connectivity index (χ3v) is 7.19. The molecule has 10 heteroatoms. The molecule has 1 aromatic rings. The lowest BCUT2D eigenvalue weighted by atomic mass is 9.95. The fourth-order valence-electron chi connectivity index (χ4n) is 3.35. The number of aryl methyl sites for hydroxylation is 2. The van der Waals surface area contributed by atoms with Gasteiger partial charge in [-0.25, -0.2) is 13.1 Å². The predicted octanol–water partition coefficient (Wildman–Crippen LogP) is 0.806. The van der Waals surface area contributed by atoms with E-state index in [1.165, 1.54) is 11.3 Å². The van der Waals surface area contributed by atoms with Crippen molar-refractivity contribution in [2.24, 2.45) is 16.6 Å². The van der Waals surface area contributed by atoms with Crippen LogP contribution in [0.1, 0.15) is 29.0 Å². The van der Waals surface area contributed by atoms with Gasteiger partial charge in [0.05, 0.1) is 4.90 Å². The lowest BCUT2D eigenvalue weighted by molar-refractivity contribution is -0.119. The van der Waals surface area contributed by atoms with Crippen molar-refractivity contribution in [2.45, 2.75) is 38.0 Å². The number of carbonyl (C=O) groups excluding carboxylic acids is 1. The highest BCUT2D eigenvalue weighted by Gasteiger charge is 2.23. The Kier molecular flexibility index (Phi) is 7.63. The number of amides is 1. The molecule has 0 radical (unpaired) electrons. The Bertz CT molecular complexity index is 788. The second-order valence-corrected chi connectivity index (χ2v) is 9.97. The summed E-state index contributed by atoms with van der Waals surface area (Å²) >= 11 is 1.47. The van der Waals surface area contributed by atoms with Gasteiger partial charge in [0.2, 0.25) is 15.9 Å². The first kappa shape index (κ1) is 21.6. The van der Waals surface area contributed by atoms with E-state index < -0.39 is 10.0 Å². The number of primary amides is 1. The number of likely N-dealkylation sites (tertiary alicyclic amines) is 1. The van der Waals surface area contributed by atoms with Gasteiger partial charge in [0, 0.05) is 49.4 Å². The lowest BCUT2D eigenvalue weighted by Crippen LogP contribution is -2.48. The number of nitrogens with two attached hydrogens (primary N) is 1. The molecule has 1 aromatic heterocycles. The molecule has 1 amide bonds. The van der Waals surface area contributed by atoms with Gasteiger partial charge >= 0.3 is 0 Å². The fourth-order valence-corrected chi connectivity index (χ4v) is 5.94. The summed E-state index contributed by atoms with van der Waals surface area (Å²) in [7, 11) is -1.81. The molecule has 8 nitrogen and oxygen atoms in total. The lowest BCUT2D eigenvalue weighted by Gasteiger charge is -2.34. The van der Waals surface area contributed by atoms with Crippen LogP contribution in [0.15, 0.2) is 16.0 Å². The normalized spacial score (nSPS) is 18.6. The average molecular weight is 416 g/mol. The monoisotopic (exact) mass is 415 g/mol. The summed E-state index contributed by atoms with van der Waals surface area (Å²) in [6.07, 6.45) is 2.34. The maximum Gasteiger partial charge on any atom is 0.241 e. The van der Waals surface area contributed by atoms with E-state index in [-0.39, 0.29) is 18.4 Å². The topological polar surface area (TPSA) is 117 Å². The molecule has 0 saturated carbocycles. The molecule has 0 bridgehead atoms. The molecule has 4 N–H and O–H groups in total. The summed E-state index contributed by atoms with van der Waals surface area (Å²) in [5.74, 6) is 0.669. The second-order valence-electron chi connectivity index (χ2n) is 6.77. The van der Waals surface area contributed by atoms with Gasteiger partial charge < -0.3 is 16.0 Å². The maximum atomic E-state index is 12.4. The molecule has 0 aliphatic carbocycles. The summed E-state index contributed by atoms with van der Waals surface area (Å²) < 4.78 is 27.5. The van der Waals surface area contributed by atoms with E-state index in [9.17, 15) is 13.2 Å². The van der Waals surface area contributed by atoms with Gasteiger partial charge in [0.15, 0.2) is 5.96 Å². The number of hydrogen-bond donors (Lipinski definition) is 3. The van der Waals surface area contributed by atoms with Crippen LogP contribution in [-0.2, 0) is 14.8 Å². The Labute approximate surface area is 165 Å². The second kappa shape index (κ2) is 9.52. The zero-order valence-corrected chi connectivity index (χ0v) is 17.8. The molecule has 1 aliphatic rings. The smallest absolute Gasteiger partial charge is 0.241 e. The maximum absolute atomic E-state index is 12.4. The van der Waals surface area contributed by atoms with E-state index in [1.807, 2.05) is 13.8 Å². The molecular formula is C17H29N5O3S2. The Balaban J connectivity index is 1.84. The van der Waals surface area contributed by atoms with Crippen LogP contribution in [0.25, 0.3) is 0 Å².